The summed E-state index contributed by atoms with van der Waals surface area (Å²) in [7, 11) is -4.80. The highest BCUT2D eigenvalue weighted by Gasteiger charge is 2.69. The molecule has 10 nitrogen and oxygen atoms in total. The van der Waals surface area contributed by atoms with Gasteiger partial charge in [-0.05, 0) is 51.0 Å². The Morgan fingerprint density at radius 3 is 2.18 bits per heavy atom. The normalized spacial score (nSPS) is 28.6. The molecule has 12 heteroatoms. The van der Waals surface area contributed by atoms with E-state index in [1.807, 2.05) is 0 Å². The number of carbonyl (C=O) groups is 2. The second-order valence-electron chi connectivity index (χ2n) is 9.63. The quantitative estimate of drug-likeness (QED) is 0.257. The van der Waals surface area contributed by atoms with E-state index in [0.717, 1.165) is 6.07 Å². The third kappa shape index (κ3) is 4.56. The van der Waals surface area contributed by atoms with Crippen LogP contribution in [0.4, 0.5) is 5.69 Å². The fraction of sp³-hybridized carbons (Fsp3) is 0.462. The van der Waals surface area contributed by atoms with Gasteiger partial charge in [0.25, 0.3) is 10.1 Å². The summed E-state index contributed by atoms with van der Waals surface area (Å²) >= 11 is 6.58. The summed E-state index contributed by atoms with van der Waals surface area (Å²) in [5.41, 5.74) is 2.96. The van der Waals surface area contributed by atoms with Gasteiger partial charge in [-0.25, -0.2) is 0 Å². The number of carboxylic acids is 2. The molecule has 3 rings (SSSR count). The van der Waals surface area contributed by atoms with E-state index >= 15 is 0 Å². The van der Waals surface area contributed by atoms with Gasteiger partial charge in [0.05, 0.1) is 22.6 Å². The fourth-order valence-corrected chi connectivity index (χ4v) is 7.07. The van der Waals surface area contributed by atoms with E-state index in [4.69, 9.17) is 22.1 Å². The maximum atomic E-state index is 13.5. The number of halogens is 1. The van der Waals surface area contributed by atoms with Crippen LogP contribution in [-0.4, -0.2) is 60.0 Å². The molecule has 0 aliphatic carbocycles. The molecule has 1 aliphatic heterocycles. The smallest absolute Gasteiger partial charge is 0.312 e. The maximum Gasteiger partial charge on any atom is 0.312 e. The molecule has 1 fully saturated rings. The molecule has 1 heterocycles. The van der Waals surface area contributed by atoms with Gasteiger partial charge in [0.15, 0.2) is 0 Å². The van der Waals surface area contributed by atoms with Crippen LogP contribution in [0, 0.1) is 10.8 Å². The number of carboxylic acid groups (broad SMARTS) is 2. The van der Waals surface area contributed by atoms with E-state index in [1.165, 1.54) is 30.0 Å². The highest BCUT2D eigenvalue weighted by Crippen LogP contribution is 2.62. The number of anilines is 1. The summed E-state index contributed by atoms with van der Waals surface area (Å²) in [6.45, 7) is 6.36. The van der Waals surface area contributed by atoms with Gasteiger partial charge in [-0.2, -0.15) is 8.42 Å². The zero-order valence-corrected chi connectivity index (χ0v) is 23.1. The van der Waals surface area contributed by atoms with E-state index in [0.29, 0.717) is 5.56 Å². The summed E-state index contributed by atoms with van der Waals surface area (Å²) in [4.78, 5) is 27.5. The number of para-hydroxylation sites is 1. The van der Waals surface area contributed by atoms with Crippen LogP contribution < -0.4 is 10.6 Å². The number of ether oxygens (including phenoxy) is 1. The van der Waals surface area contributed by atoms with Crippen molar-refractivity contribution in [3.05, 3.63) is 59.1 Å². The van der Waals surface area contributed by atoms with E-state index in [-0.39, 0.29) is 23.7 Å². The molecule has 0 radical (unpaired) electrons. The molecule has 5 unspecified atom stereocenters. The first kappa shape index (κ1) is 29.9. The predicted octanol–water partition coefficient (Wildman–Crippen LogP) is 3.84. The van der Waals surface area contributed by atoms with Crippen LogP contribution in [0.25, 0.3) is 0 Å². The van der Waals surface area contributed by atoms with Crippen LogP contribution in [0.3, 0.4) is 0 Å². The molecular formula is C26H33ClN2O8S. The largest absolute Gasteiger partial charge is 0.481 e. The topological polar surface area (TPSA) is 167 Å². The van der Waals surface area contributed by atoms with Gasteiger partial charge < -0.3 is 25.6 Å². The van der Waals surface area contributed by atoms with Crippen LogP contribution in [0.2, 0.25) is 5.02 Å². The van der Waals surface area contributed by atoms with Crippen molar-refractivity contribution in [2.75, 3.05) is 11.5 Å². The van der Waals surface area contributed by atoms with E-state index in [2.05, 4.69) is 0 Å². The van der Waals surface area contributed by atoms with Crippen molar-refractivity contribution in [1.82, 2.24) is 0 Å². The number of nitrogens with two attached hydrogens (primary N) is 1. The minimum absolute atomic E-state index is 0.0909. The van der Waals surface area contributed by atoms with Gasteiger partial charge in [-0.3, -0.25) is 14.1 Å². The Kier molecular flexibility index (Phi) is 8.50. The average Bonchev–Trinajstić information content (AvgIpc) is 2.85. The maximum absolute atomic E-state index is 13.5. The zero-order chi connectivity index (χ0) is 28.6. The SMILES string of the molecule is CCOC(N)C1N(c2ccccc2S(=O)(=O)O)C(C)C(C)(C(=O)O)[C@H](c2ccccc2Cl)C1(CC)C(=O)O. The van der Waals surface area contributed by atoms with Gasteiger partial charge >= 0.3 is 11.9 Å². The molecule has 0 amide bonds. The summed E-state index contributed by atoms with van der Waals surface area (Å²) in [6, 6.07) is 9.56. The monoisotopic (exact) mass is 568 g/mol. The summed E-state index contributed by atoms with van der Waals surface area (Å²) in [5, 5.41) is 21.9. The third-order valence-electron chi connectivity index (χ3n) is 7.98. The van der Waals surface area contributed by atoms with Crippen LogP contribution in [0.5, 0.6) is 0 Å². The first-order valence-corrected chi connectivity index (χ1v) is 14.0. The highest BCUT2D eigenvalue weighted by atomic mass is 35.5. The van der Waals surface area contributed by atoms with Crippen LogP contribution in [0.15, 0.2) is 53.4 Å². The highest BCUT2D eigenvalue weighted by molar-refractivity contribution is 7.86. The molecule has 5 N–H and O–H groups in total. The lowest BCUT2D eigenvalue weighted by Gasteiger charge is -2.62. The zero-order valence-electron chi connectivity index (χ0n) is 21.5. The number of nitrogens with zero attached hydrogens (tertiary/aromatic N) is 1. The van der Waals surface area contributed by atoms with Crippen LogP contribution in [0.1, 0.15) is 45.6 Å². The molecule has 38 heavy (non-hydrogen) atoms. The Balaban J connectivity index is 2.56. The van der Waals surface area contributed by atoms with Crippen LogP contribution >= 0.6 is 11.6 Å². The van der Waals surface area contributed by atoms with Crippen LogP contribution in [-0.2, 0) is 24.4 Å². The van der Waals surface area contributed by atoms with Crippen molar-refractivity contribution in [2.45, 2.75) is 63.2 Å². The minimum Gasteiger partial charge on any atom is -0.481 e. The molecule has 2 aromatic rings. The number of benzene rings is 2. The first-order valence-electron chi connectivity index (χ1n) is 12.1. The molecule has 2 aromatic carbocycles. The number of aliphatic carboxylic acids is 2. The minimum atomic E-state index is -4.80. The van der Waals surface area contributed by atoms with Gasteiger partial charge in [0.2, 0.25) is 0 Å². The van der Waals surface area contributed by atoms with Crippen molar-refractivity contribution in [2.24, 2.45) is 16.6 Å². The van der Waals surface area contributed by atoms with Crippen molar-refractivity contribution < 1.29 is 37.5 Å². The molecule has 1 aliphatic rings. The lowest BCUT2D eigenvalue weighted by molar-refractivity contribution is -0.173. The molecule has 0 bridgehead atoms. The van der Waals surface area contributed by atoms with Crippen molar-refractivity contribution in [1.29, 1.82) is 0 Å². The van der Waals surface area contributed by atoms with E-state index in [1.54, 1.807) is 45.0 Å². The Morgan fingerprint density at radius 2 is 1.68 bits per heavy atom. The van der Waals surface area contributed by atoms with Gasteiger partial charge in [0.1, 0.15) is 11.1 Å². The summed E-state index contributed by atoms with van der Waals surface area (Å²) in [6.07, 6.45) is -1.40. The molecule has 0 aromatic heterocycles. The third-order valence-corrected chi connectivity index (χ3v) is 9.22. The number of piperidine rings is 1. The summed E-state index contributed by atoms with van der Waals surface area (Å²) in [5.74, 6) is -3.88. The number of hydrogen-bond acceptors (Lipinski definition) is 7. The van der Waals surface area contributed by atoms with E-state index in [9.17, 15) is 32.8 Å². The second-order valence-corrected chi connectivity index (χ2v) is 11.4. The Morgan fingerprint density at radius 1 is 1.11 bits per heavy atom. The molecular weight excluding hydrogens is 536 g/mol. The first-order chi connectivity index (χ1) is 17.7. The number of rotatable bonds is 9. The van der Waals surface area contributed by atoms with E-state index < -0.39 is 62.0 Å². The molecule has 208 valence electrons. The standard InChI is InChI=1S/C26H33ClN2O8S/c1-5-26(24(32)33)20(16-11-7-8-12-17(16)27)25(4,23(30)31)15(3)29(21(26)22(28)37-6-2)18-13-9-10-14-19(18)38(34,35)36/h7-15,20-22H,5-6,28H2,1-4H3,(H,30,31)(H,32,33)(H,34,35,36)/t15?,20-,21?,22?,25?,26?/m0/s1. The van der Waals surface area contributed by atoms with Gasteiger partial charge in [0, 0.05) is 23.6 Å². The number of hydrogen-bond donors (Lipinski definition) is 4. The Hall–Kier alpha value is -2.70. The molecule has 1 saturated heterocycles. The lowest BCUT2D eigenvalue weighted by atomic mass is 9.50. The fourth-order valence-electron chi connectivity index (χ4n) is 6.13. The van der Waals surface area contributed by atoms with Gasteiger partial charge in [-0.15, -0.1) is 0 Å². The predicted molar refractivity (Wildman–Crippen MR) is 142 cm³/mol. The lowest BCUT2D eigenvalue weighted by Crippen LogP contribution is -2.74. The Bertz CT molecular complexity index is 1320. The second kappa shape index (κ2) is 10.8. The van der Waals surface area contributed by atoms with Gasteiger partial charge in [-0.1, -0.05) is 48.9 Å². The van der Waals surface area contributed by atoms with Crippen molar-refractivity contribution in [3.63, 3.8) is 0 Å². The molecule has 0 saturated carbocycles. The molecule has 6 atom stereocenters. The van der Waals surface area contributed by atoms with Crippen molar-refractivity contribution >= 4 is 39.3 Å². The average molecular weight is 569 g/mol. The summed E-state index contributed by atoms with van der Waals surface area (Å²) < 4.78 is 40.6. The molecule has 0 spiro atoms. The Labute approximate surface area is 227 Å². The van der Waals surface area contributed by atoms with Crippen molar-refractivity contribution in [3.8, 4) is 0 Å².